The molecule has 2 aromatic rings. The minimum Gasteiger partial charge on any atom is -0.466 e. The van der Waals surface area contributed by atoms with E-state index >= 15 is 0 Å². The highest BCUT2D eigenvalue weighted by Gasteiger charge is 2.30. The second-order valence-electron chi connectivity index (χ2n) is 7.72. The molecule has 1 N–H and O–H groups in total. The maximum atomic E-state index is 12.9. The number of thiophene rings is 1. The monoisotopic (exact) mass is 491 g/mol. The highest BCUT2D eigenvalue weighted by molar-refractivity contribution is 7.12. The van der Waals surface area contributed by atoms with E-state index in [-0.39, 0.29) is 36.2 Å². The summed E-state index contributed by atoms with van der Waals surface area (Å²) in [5, 5.41) is 4.81. The lowest BCUT2D eigenvalue weighted by atomic mass is 9.98. The Kier molecular flexibility index (Phi) is 8.46. The second kappa shape index (κ2) is 11.3. The number of likely N-dealkylation sites (N-methyl/N-ethyl adjacent to an activating group) is 1. The first-order valence-corrected chi connectivity index (χ1v) is 11.9. The zero-order chi connectivity index (χ0) is 24.0. The Bertz CT molecular complexity index is 1030. The zero-order valence-corrected chi connectivity index (χ0v) is 20.1. The molecule has 1 aromatic heterocycles. The third-order valence-electron chi connectivity index (χ3n) is 5.32. The smallest absolute Gasteiger partial charge is 0.310 e. The number of halogens is 1. The fraction of sp³-hybridized carbons (Fsp3) is 0.391. The SMILES string of the molecule is CCOC(=O)C1CCCN(C(=O)CN(C)C(=O)c2ccc(Cl)c(NC(=O)c3cccs3)c2)C1. The topological polar surface area (TPSA) is 96.0 Å². The number of nitrogens with one attached hydrogen (secondary N) is 1. The van der Waals surface area contributed by atoms with Gasteiger partial charge in [-0.1, -0.05) is 17.7 Å². The Morgan fingerprint density at radius 1 is 1.27 bits per heavy atom. The molecule has 176 valence electrons. The Morgan fingerprint density at radius 2 is 2.06 bits per heavy atom. The maximum Gasteiger partial charge on any atom is 0.310 e. The molecule has 1 unspecified atom stereocenters. The van der Waals surface area contributed by atoms with Crippen LogP contribution >= 0.6 is 22.9 Å². The molecule has 0 aliphatic carbocycles. The van der Waals surface area contributed by atoms with Gasteiger partial charge in [0.15, 0.2) is 0 Å². The molecule has 0 spiro atoms. The van der Waals surface area contributed by atoms with Crippen LogP contribution in [-0.4, -0.2) is 66.8 Å². The molecule has 1 aliphatic heterocycles. The van der Waals surface area contributed by atoms with Crippen LogP contribution < -0.4 is 5.32 Å². The number of hydrogen-bond donors (Lipinski definition) is 1. The van der Waals surface area contributed by atoms with Crippen molar-refractivity contribution in [1.29, 1.82) is 0 Å². The average molecular weight is 492 g/mol. The van der Waals surface area contributed by atoms with Crippen LogP contribution in [0.5, 0.6) is 0 Å². The number of nitrogens with zero attached hydrogens (tertiary/aromatic N) is 2. The predicted octanol–water partition coefficient (Wildman–Crippen LogP) is 3.53. The van der Waals surface area contributed by atoms with Crippen molar-refractivity contribution in [3.8, 4) is 0 Å². The van der Waals surface area contributed by atoms with Gasteiger partial charge in [0.2, 0.25) is 5.91 Å². The van der Waals surface area contributed by atoms with Crippen molar-refractivity contribution < 1.29 is 23.9 Å². The van der Waals surface area contributed by atoms with Crippen molar-refractivity contribution in [3.05, 3.63) is 51.2 Å². The van der Waals surface area contributed by atoms with Gasteiger partial charge in [-0.05, 0) is 49.4 Å². The number of amides is 3. The number of carbonyl (C=O) groups excluding carboxylic acids is 4. The highest BCUT2D eigenvalue weighted by atomic mass is 35.5. The summed E-state index contributed by atoms with van der Waals surface area (Å²) in [5.74, 6) is -1.57. The number of piperidine rings is 1. The van der Waals surface area contributed by atoms with E-state index < -0.39 is 0 Å². The van der Waals surface area contributed by atoms with Crippen molar-refractivity contribution in [3.63, 3.8) is 0 Å². The van der Waals surface area contributed by atoms with Crippen molar-refractivity contribution >= 4 is 52.3 Å². The molecule has 1 aromatic carbocycles. The summed E-state index contributed by atoms with van der Waals surface area (Å²) in [6.07, 6.45) is 1.39. The number of benzene rings is 1. The van der Waals surface area contributed by atoms with Crippen LogP contribution in [0.4, 0.5) is 5.69 Å². The average Bonchev–Trinajstić information content (AvgIpc) is 3.35. The van der Waals surface area contributed by atoms with Gasteiger partial charge in [0.25, 0.3) is 11.8 Å². The van der Waals surface area contributed by atoms with Gasteiger partial charge in [0.1, 0.15) is 0 Å². The van der Waals surface area contributed by atoms with Crippen LogP contribution in [0.15, 0.2) is 35.7 Å². The van der Waals surface area contributed by atoms with Gasteiger partial charge in [-0.25, -0.2) is 0 Å². The first kappa shape index (κ1) is 24.7. The van der Waals surface area contributed by atoms with E-state index in [1.807, 2.05) is 0 Å². The van der Waals surface area contributed by atoms with Crippen molar-refractivity contribution in [2.24, 2.45) is 5.92 Å². The van der Waals surface area contributed by atoms with Gasteiger partial charge in [-0.2, -0.15) is 0 Å². The normalized spacial score (nSPS) is 15.6. The second-order valence-corrected chi connectivity index (χ2v) is 9.07. The van der Waals surface area contributed by atoms with E-state index in [0.717, 1.165) is 0 Å². The van der Waals surface area contributed by atoms with Crippen LogP contribution in [0, 0.1) is 5.92 Å². The number of carbonyl (C=O) groups is 4. The third kappa shape index (κ3) is 6.33. The van der Waals surface area contributed by atoms with E-state index in [9.17, 15) is 19.2 Å². The summed E-state index contributed by atoms with van der Waals surface area (Å²) in [4.78, 5) is 53.5. The van der Waals surface area contributed by atoms with Crippen molar-refractivity contribution in [1.82, 2.24) is 9.80 Å². The summed E-state index contributed by atoms with van der Waals surface area (Å²) in [6.45, 7) is 2.75. The first-order chi connectivity index (χ1) is 15.8. The van der Waals surface area contributed by atoms with Gasteiger partial charge in [0.05, 0.1) is 34.7 Å². The molecular formula is C23H26ClN3O5S. The van der Waals surface area contributed by atoms with Crippen LogP contribution in [0.3, 0.4) is 0 Å². The fourth-order valence-electron chi connectivity index (χ4n) is 3.60. The molecular weight excluding hydrogens is 466 g/mol. The van der Waals surface area contributed by atoms with Gasteiger partial charge in [-0.3, -0.25) is 19.2 Å². The summed E-state index contributed by atoms with van der Waals surface area (Å²) in [5.41, 5.74) is 0.605. The lowest BCUT2D eigenvalue weighted by molar-refractivity contribution is -0.151. The minimum atomic E-state index is -0.384. The standard InChI is InChI=1S/C23H26ClN3O5S/c1-3-32-23(31)16-6-4-10-27(13-16)20(28)14-26(2)22(30)15-8-9-17(24)18(12-15)25-21(29)19-7-5-11-33-19/h5,7-9,11-12,16H,3-4,6,10,13-14H2,1-2H3,(H,25,29). The number of likely N-dealkylation sites (tertiary alicyclic amines) is 1. The van der Waals surface area contributed by atoms with E-state index in [4.69, 9.17) is 16.3 Å². The van der Waals surface area contributed by atoms with Crippen LogP contribution in [0.1, 0.15) is 39.8 Å². The summed E-state index contributed by atoms with van der Waals surface area (Å²) >= 11 is 7.49. The number of hydrogen-bond acceptors (Lipinski definition) is 6. The molecule has 3 rings (SSSR count). The van der Waals surface area contributed by atoms with Crippen molar-refractivity contribution in [2.45, 2.75) is 19.8 Å². The molecule has 3 amide bonds. The Balaban J connectivity index is 1.63. The predicted molar refractivity (Wildman–Crippen MR) is 127 cm³/mol. The lowest BCUT2D eigenvalue weighted by Gasteiger charge is -2.32. The van der Waals surface area contributed by atoms with Gasteiger partial charge >= 0.3 is 5.97 Å². The molecule has 1 fully saturated rings. The molecule has 0 radical (unpaired) electrons. The highest BCUT2D eigenvalue weighted by Crippen LogP contribution is 2.25. The quantitative estimate of drug-likeness (QED) is 0.598. The van der Waals surface area contributed by atoms with Gasteiger partial charge in [-0.15, -0.1) is 11.3 Å². The molecule has 33 heavy (non-hydrogen) atoms. The number of anilines is 1. The largest absolute Gasteiger partial charge is 0.466 e. The molecule has 2 heterocycles. The minimum absolute atomic E-state index is 0.131. The molecule has 1 saturated heterocycles. The van der Waals surface area contributed by atoms with Crippen LogP contribution in [-0.2, 0) is 14.3 Å². The molecule has 8 nitrogen and oxygen atoms in total. The van der Waals surface area contributed by atoms with E-state index in [1.165, 1.54) is 35.4 Å². The zero-order valence-electron chi connectivity index (χ0n) is 18.5. The van der Waals surface area contributed by atoms with Gasteiger partial charge in [0, 0.05) is 25.7 Å². The van der Waals surface area contributed by atoms with E-state index in [2.05, 4.69) is 5.32 Å². The Morgan fingerprint density at radius 3 is 2.76 bits per heavy atom. The molecule has 1 aliphatic rings. The molecule has 10 heteroatoms. The van der Waals surface area contributed by atoms with Crippen LogP contribution in [0.2, 0.25) is 5.02 Å². The molecule has 0 saturated carbocycles. The van der Waals surface area contributed by atoms with Crippen molar-refractivity contribution in [2.75, 3.05) is 38.6 Å². The number of esters is 1. The fourth-order valence-corrected chi connectivity index (χ4v) is 4.38. The number of rotatable bonds is 7. The number of ether oxygens (including phenoxy) is 1. The van der Waals surface area contributed by atoms with E-state index in [1.54, 1.807) is 35.4 Å². The molecule has 0 bridgehead atoms. The van der Waals surface area contributed by atoms with Crippen LogP contribution in [0.25, 0.3) is 0 Å². The summed E-state index contributed by atoms with van der Waals surface area (Å²) in [6, 6.07) is 8.03. The Hall–Kier alpha value is -2.91. The first-order valence-electron chi connectivity index (χ1n) is 10.6. The lowest BCUT2D eigenvalue weighted by Crippen LogP contribution is -2.47. The maximum absolute atomic E-state index is 12.9. The summed E-state index contributed by atoms with van der Waals surface area (Å²) < 4.78 is 5.08. The van der Waals surface area contributed by atoms with Gasteiger partial charge < -0.3 is 19.9 Å². The molecule has 1 atom stereocenters. The Labute approximate surface area is 201 Å². The summed E-state index contributed by atoms with van der Waals surface area (Å²) in [7, 11) is 1.53. The van der Waals surface area contributed by atoms with E-state index in [0.29, 0.717) is 53.7 Å². The third-order valence-corrected chi connectivity index (χ3v) is 6.52.